The first-order valence-electron chi connectivity index (χ1n) is 9.86. The number of imidazole rings is 1. The zero-order valence-electron chi connectivity index (χ0n) is 15.8. The maximum atomic E-state index is 11.1. The van der Waals surface area contributed by atoms with Crippen LogP contribution in [0.15, 0.2) is 36.8 Å². The maximum Gasteiger partial charge on any atom is 0.337 e. The Kier molecular flexibility index (Phi) is 4.63. The molecule has 7 nitrogen and oxygen atoms in total. The van der Waals surface area contributed by atoms with Gasteiger partial charge in [-0.1, -0.05) is 36.7 Å². The number of aromatic nitrogens is 4. The van der Waals surface area contributed by atoms with Crippen molar-refractivity contribution in [1.82, 2.24) is 19.5 Å². The minimum Gasteiger partial charge on any atom is -0.478 e. The number of aromatic carboxylic acids is 1. The number of carbonyl (C=O) groups is 1. The number of benzene rings is 1. The van der Waals surface area contributed by atoms with Crippen molar-refractivity contribution in [2.24, 2.45) is 0 Å². The number of carboxylic acid groups (broad SMARTS) is 1. The second-order valence-corrected chi connectivity index (χ2v) is 8.58. The molecule has 8 heteroatoms. The normalized spacial score (nSPS) is 15.2. The van der Waals surface area contributed by atoms with Gasteiger partial charge in [-0.05, 0) is 36.6 Å². The van der Waals surface area contributed by atoms with Gasteiger partial charge in [-0.2, -0.15) is 0 Å². The molecule has 0 spiro atoms. The minimum absolute atomic E-state index is 0.145. The van der Waals surface area contributed by atoms with Crippen LogP contribution < -0.4 is 5.32 Å². The van der Waals surface area contributed by atoms with Gasteiger partial charge in [0.1, 0.15) is 5.52 Å². The predicted molar refractivity (Wildman–Crippen MR) is 114 cm³/mol. The largest absolute Gasteiger partial charge is 0.478 e. The molecule has 0 saturated heterocycles. The monoisotopic (exact) mass is 407 g/mol. The van der Waals surface area contributed by atoms with E-state index in [1.165, 1.54) is 38.3 Å². The Morgan fingerprint density at radius 1 is 1.17 bits per heavy atom. The first-order chi connectivity index (χ1) is 14.2. The number of hydrogen-bond acceptors (Lipinski definition) is 6. The van der Waals surface area contributed by atoms with Gasteiger partial charge < -0.3 is 15.0 Å². The molecule has 0 unspecified atom stereocenters. The first-order valence-corrected chi connectivity index (χ1v) is 10.7. The number of rotatable bonds is 5. The van der Waals surface area contributed by atoms with Crippen LogP contribution in [0.5, 0.6) is 0 Å². The summed E-state index contributed by atoms with van der Waals surface area (Å²) in [5.74, 6) is -0.998. The molecule has 4 aromatic rings. The van der Waals surface area contributed by atoms with Crippen molar-refractivity contribution in [2.45, 2.75) is 44.7 Å². The number of anilines is 1. The summed E-state index contributed by atoms with van der Waals surface area (Å²) < 4.78 is 3.09. The van der Waals surface area contributed by atoms with Crippen LogP contribution in [-0.2, 0) is 6.54 Å². The third-order valence-electron chi connectivity index (χ3n) is 5.44. The fourth-order valence-corrected chi connectivity index (χ4v) is 4.94. The van der Waals surface area contributed by atoms with Crippen LogP contribution >= 0.6 is 11.3 Å². The molecule has 29 heavy (non-hydrogen) atoms. The van der Waals surface area contributed by atoms with E-state index in [1.54, 1.807) is 23.7 Å². The van der Waals surface area contributed by atoms with Crippen molar-refractivity contribution in [3.63, 3.8) is 0 Å². The highest BCUT2D eigenvalue weighted by Gasteiger charge is 2.15. The third-order valence-corrected chi connectivity index (χ3v) is 6.39. The van der Waals surface area contributed by atoms with Gasteiger partial charge in [-0.15, -0.1) is 0 Å². The fraction of sp³-hybridized carbons (Fsp3) is 0.333. The summed E-state index contributed by atoms with van der Waals surface area (Å²) in [6.45, 7) is 0.620. The van der Waals surface area contributed by atoms with E-state index in [0.29, 0.717) is 23.8 Å². The van der Waals surface area contributed by atoms with Gasteiger partial charge in [0.15, 0.2) is 10.8 Å². The molecule has 2 N–H and O–H groups in total. The lowest BCUT2D eigenvalue weighted by molar-refractivity contribution is 0.0696. The van der Waals surface area contributed by atoms with Gasteiger partial charge in [0.25, 0.3) is 0 Å². The number of pyridine rings is 1. The number of fused-ring (bicyclic) bond motifs is 2. The molecule has 0 atom stereocenters. The summed E-state index contributed by atoms with van der Waals surface area (Å²) in [4.78, 5) is 24.4. The van der Waals surface area contributed by atoms with Crippen LogP contribution in [-0.4, -0.2) is 36.6 Å². The molecule has 5 rings (SSSR count). The zero-order chi connectivity index (χ0) is 19.8. The molecule has 0 aliphatic heterocycles. The van der Waals surface area contributed by atoms with Gasteiger partial charge in [-0.3, -0.25) is 0 Å². The van der Waals surface area contributed by atoms with Crippen molar-refractivity contribution >= 4 is 43.8 Å². The van der Waals surface area contributed by atoms with E-state index in [9.17, 15) is 4.79 Å². The highest BCUT2D eigenvalue weighted by atomic mass is 32.1. The van der Waals surface area contributed by atoms with E-state index in [-0.39, 0.29) is 5.56 Å². The van der Waals surface area contributed by atoms with Crippen molar-refractivity contribution in [3.8, 4) is 0 Å². The molecule has 0 amide bonds. The standard InChI is InChI=1S/C21H21N5O2S/c27-20(28)14-9-17-19(22-10-14)26(12-23-17)11-13-6-7-16-18(8-13)29-21(25-16)24-15-4-2-1-3-5-15/h6-10,12,15H,1-5,11H2,(H,24,25)(H,27,28). The molecular weight excluding hydrogens is 386 g/mol. The van der Waals surface area contributed by atoms with Crippen molar-refractivity contribution in [3.05, 3.63) is 47.9 Å². The second kappa shape index (κ2) is 7.44. The number of nitrogens with zero attached hydrogens (tertiary/aromatic N) is 4. The van der Waals surface area contributed by atoms with Crippen molar-refractivity contribution in [2.75, 3.05) is 5.32 Å². The lowest BCUT2D eigenvalue weighted by Crippen LogP contribution is -2.21. The molecule has 1 fully saturated rings. The second-order valence-electron chi connectivity index (χ2n) is 7.54. The van der Waals surface area contributed by atoms with Crippen LogP contribution in [0.3, 0.4) is 0 Å². The van der Waals surface area contributed by atoms with Gasteiger partial charge in [0.05, 0.1) is 28.7 Å². The number of hydrogen-bond donors (Lipinski definition) is 2. The summed E-state index contributed by atoms with van der Waals surface area (Å²) in [6.07, 6.45) is 9.48. The van der Waals surface area contributed by atoms with E-state index in [0.717, 1.165) is 20.9 Å². The summed E-state index contributed by atoms with van der Waals surface area (Å²) in [7, 11) is 0. The first kappa shape index (κ1) is 18.1. The Morgan fingerprint density at radius 2 is 2.03 bits per heavy atom. The lowest BCUT2D eigenvalue weighted by Gasteiger charge is -2.22. The molecule has 1 aromatic carbocycles. The van der Waals surface area contributed by atoms with Gasteiger partial charge >= 0.3 is 5.97 Å². The number of nitrogens with one attached hydrogen (secondary N) is 1. The fourth-order valence-electron chi connectivity index (χ4n) is 3.93. The molecule has 148 valence electrons. The molecule has 3 heterocycles. The molecule has 0 radical (unpaired) electrons. The Hall–Kier alpha value is -3.00. The average Bonchev–Trinajstić information content (AvgIpc) is 3.31. The summed E-state index contributed by atoms with van der Waals surface area (Å²) in [6, 6.07) is 8.39. The number of carboxylic acids is 1. The van der Waals surface area contributed by atoms with Crippen molar-refractivity contribution < 1.29 is 9.90 Å². The molecule has 1 aliphatic carbocycles. The molecule has 1 aliphatic rings. The van der Waals surface area contributed by atoms with Gasteiger partial charge in [0, 0.05) is 12.2 Å². The van der Waals surface area contributed by atoms with Gasteiger partial charge in [-0.25, -0.2) is 19.7 Å². The highest BCUT2D eigenvalue weighted by Crippen LogP contribution is 2.30. The highest BCUT2D eigenvalue weighted by molar-refractivity contribution is 7.22. The lowest BCUT2D eigenvalue weighted by atomic mass is 9.96. The average molecular weight is 407 g/mol. The van der Waals surface area contributed by atoms with Crippen LogP contribution in [0.1, 0.15) is 48.0 Å². The molecule has 0 bridgehead atoms. The van der Waals surface area contributed by atoms with Crippen LogP contribution in [0, 0.1) is 0 Å². The predicted octanol–water partition coefficient (Wildman–Crippen LogP) is 4.53. The van der Waals surface area contributed by atoms with E-state index in [4.69, 9.17) is 10.1 Å². The van der Waals surface area contributed by atoms with E-state index < -0.39 is 5.97 Å². The van der Waals surface area contributed by atoms with Crippen LogP contribution in [0.4, 0.5) is 5.13 Å². The molecule has 3 aromatic heterocycles. The zero-order valence-corrected chi connectivity index (χ0v) is 16.7. The van der Waals surface area contributed by atoms with Crippen LogP contribution in [0.25, 0.3) is 21.4 Å². The summed E-state index contributed by atoms with van der Waals surface area (Å²) in [5.41, 5.74) is 3.55. The van der Waals surface area contributed by atoms with Crippen LogP contribution in [0.2, 0.25) is 0 Å². The Balaban J connectivity index is 1.37. The van der Waals surface area contributed by atoms with E-state index in [1.807, 2.05) is 4.57 Å². The SMILES string of the molecule is O=C(O)c1cnc2c(c1)ncn2Cc1ccc2nc(NC3CCCCC3)sc2c1. The van der Waals surface area contributed by atoms with Gasteiger partial charge in [0.2, 0.25) is 0 Å². The smallest absolute Gasteiger partial charge is 0.337 e. The Morgan fingerprint density at radius 3 is 2.86 bits per heavy atom. The van der Waals surface area contributed by atoms with E-state index in [2.05, 4.69) is 33.5 Å². The Labute approximate surface area is 171 Å². The summed E-state index contributed by atoms with van der Waals surface area (Å²) in [5, 5.41) is 13.7. The molecule has 1 saturated carbocycles. The summed E-state index contributed by atoms with van der Waals surface area (Å²) >= 11 is 1.70. The Bertz CT molecular complexity index is 1190. The molecular formula is C21H21N5O2S. The minimum atomic E-state index is -0.998. The third kappa shape index (κ3) is 3.67. The van der Waals surface area contributed by atoms with Crippen molar-refractivity contribution in [1.29, 1.82) is 0 Å². The van der Waals surface area contributed by atoms with E-state index >= 15 is 0 Å². The topological polar surface area (TPSA) is 92.9 Å². The quantitative estimate of drug-likeness (QED) is 0.505. The maximum absolute atomic E-state index is 11.1. The number of thiazole rings is 1.